The number of hydrogen-bond donors (Lipinski definition) is 3. The Hall–Kier alpha value is -1.32. The maximum Gasteiger partial charge on any atom is 0.191 e. The normalized spacial score (nSPS) is 15.9. The smallest absolute Gasteiger partial charge is 0.191 e. The SMILES string of the molecule is CCNC(=NCCCc1c[nH]c2ccccc12)NC1CCN(CCCOC)CC1.I. The average molecular weight is 527 g/mol. The van der Waals surface area contributed by atoms with Crippen molar-refractivity contribution in [2.45, 2.75) is 45.1 Å². The minimum atomic E-state index is 0. The molecule has 6 nitrogen and oxygen atoms in total. The lowest BCUT2D eigenvalue weighted by molar-refractivity contribution is 0.155. The molecule has 0 unspecified atom stereocenters. The van der Waals surface area contributed by atoms with Crippen LogP contribution in [0.2, 0.25) is 0 Å². The second-order valence-electron chi connectivity index (χ2n) is 7.83. The van der Waals surface area contributed by atoms with Crippen molar-refractivity contribution in [2.75, 3.05) is 46.4 Å². The van der Waals surface area contributed by atoms with Crippen molar-refractivity contribution >= 4 is 40.8 Å². The molecule has 0 aliphatic carbocycles. The molecule has 0 spiro atoms. The Kier molecular flexibility index (Phi) is 11.5. The zero-order chi connectivity index (χ0) is 20.3. The molecule has 30 heavy (non-hydrogen) atoms. The van der Waals surface area contributed by atoms with Crippen molar-refractivity contribution in [3.05, 3.63) is 36.0 Å². The number of nitrogens with one attached hydrogen (secondary N) is 3. The van der Waals surface area contributed by atoms with Crippen LogP contribution in [0.25, 0.3) is 10.9 Å². The molecule has 1 aromatic carbocycles. The number of aromatic nitrogens is 1. The van der Waals surface area contributed by atoms with Crippen LogP contribution < -0.4 is 10.6 Å². The van der Waals surface area contributed by atoms with Crippen LogP contribution in [0.5, 0.6) is 0 Å². The molecule has 1 saturated heterocycles. The molecule has 1 fully saturated rings. The monoisotopic (exact) mass is 527 g/mol. The molecule has 0 saturated carbocycles. The summed E-state index contributed by atoms with van der Waals surface area (Å²) in [5.41, 5.74) is 2.60. The number of halogens is 1. The first-order valence-electron chi connectivity index (χ1n) is 11.1. The molecule has 1 aliphatic rings. The van der Waals surface area contributed by atoms with E-state index in [2.05, 4.69) is 57.9 Å². The summed E-state index contributed by atoms with van der Waals surface area (Å²) in [6.07, 6.45) is 7.70. The molecule has 3 rings (SSSR count). The van der Waals surface area contributed by atoms with Gasteiger partial charge in [0.2, 0.25) is 0 Å². The fourth-order valence-electron chi connectivity index (χ4n) is 4.05. The number of likely N-dealkylation sites (tertiary alicyclic amines) is 1. The first-order valence-corrected chi connectivity index (χ1v) is 11.1. The highest BCUT2D eigenvalue weighted by molar-refractivity contribution is 14.0. The minimum absolute atomic E-state index is 0. The highest BCUT2D eigenvalue weighted by Crippen LogP contribution is 2.19. The summed E-state index contributed by atoms with van der Waals surface area (Å²) in [6, 6.07) is 9.02. The van der Waals surface area contributed by atoms with Gasteiger partial charge in [-0.15, -0.1) is 24.0 Å². The molecular formula is C23H38IN5O. The van der Waals surface area contributed by atoms with Gasteiger partial charge in [0.05, 0.1) is 0 Å². The number of piperidine rings is 1. The minimum Gasteiger partial charge on any atom is -0.385 e. The van der Waals surface area contributed by atoms with Crippen LogP contribution in [0.15, 0.2) is 35.5 Å². The fraction of sp³-hybridized carbons (Fsp3) is 0.609. The highest BCUT2D eigenvalue weighted by Gasteiger charge is 2.19. The van der Waals surface area contributed by atoms with Gasteiger partial charge in [-0.05, 0) is 50.7 Å². The molecule has 1 aromatic heterocycles. The third-order valence-corrected chi connectivity index (χ3v) is 5.64. The Morgan fingerprint density at radius 2 is 2.03 bits per heavy atom. The third-order valence-electron chi connectivity index (χ3n) is 5.64. The molecule has 7 heteroatoms. The molecule has 0 bridgehead atoms. The van der Waals surface area contributed by atoms with E-state index in [-0.39, 0.29) is 24.0 Å². The summed E-state index contributed by atoms with van der Waals surface area (Å²) in [5.74, 6) is 0.962. The van der Waals surface area contributed by atoms with E-state index in [0.29, 0.717) is 6.04 Å². The molecule has 2 heterocycles. The maximum absolute atomic E-state index is 5.16. The van der Waals surface area contributed by atoms with Gasteiger partial charge < -0.3 is 25.3 Å². The lowest BCUT2D eigenvalue weighted by Gasteiger charge is -2.33. The summed E-state index contributed by atoms with van der Waals surface area (Å²) in [7, 11) is 1.78. The summed E-state index contributed by atoms with van der Waals surface area (Å²) in [6.45, 7) is 8.16. The zero-order valence-corrected chi connectivity index (χ0v) is 20.8. The number of aliphatic imine (C=N–C) groups is 1. The van der Waals surface area contributed by atoms with Gasteiger partial charge in [0.25, 0.3) is 0 Å². The number of methoxy groups -OCH3 is 1. The molecule has 2 aromatic rings. The number of ether oxygens (including phenoxy) is 1. The van der Waals surface area contributed by atoms with Gasteiger partial charge >= 0.3 is 0 Å². The fourth-order valence-corrected chi connectivity index (χ4v) is 4.05. The van der Waals surface area contributed by atoms with Crippen molar-refractivity contribution < 1.29 is 4.74 Å². The zero-order valence-electron chi connectivity index (χ0n) is 18.5. The Labute approximate surface area is 198 Å². The quantitative estimate of drug-likeness (QED) is 0.191. The molecule has 0 atom stereocenters. The summed E-state index contributed by atoms with van der Waals surface area (Å²) < 4.78 is 5.16. The Morgan fingerprint density at radius 3 is 2.80 bits per heavy atom. The largest absolute Gasteiger partial charge is 0.385 e. The van der Waals surface area contributed by atoms with E-state index in [1.54, 1.807) is 7.11 Å². The number of fused-ring (bicyclic) bond motifs is 1. The van der Waals surface area contributed by atoms with Gasteiger partial charge in [0, 0.05) is 69.6 Å². The second-order valence-corrected chi connectivity index (χ2v) is 7.83. The van der Waals surface area contributed by atoms with Gasteiger partial charge in [0.1, 0.15) is 0 Å². The van der Waals surface area contributed by atoms with Gasteiger partial charge in [0.15, 0.2) is 5.96 Å². The van der Waals surface area contributed by atoms with Crippen molar-refractivity contribution in [1.82, 2.24) is 20.5 Å². The lowest BCUT2D eigenvalue weighted by atomic mass is 10.1. The molecule has 3 N–H and O–H groups in total. The molecule has 0 radical (unpaired) electrons. The van der Waals surface area contributed by atoms with E-state index in [9.17, 15) is 0 Å². The Morgan fingerprint density at radius 1 is 1.23 bits per heavy atom. The van der Waals surface area contributed by atoms with E-state index in [1.807, 2.05) is 0 Å². The maximum atomic E-state index is 5.16. The number of benzene rings is 1. The summed E-state index contributed by atoms with van der Waals surface area (Å²) in [4.78, 5) is 10.7. The standard InChI is InChI=1S/C23H37N5O.HI/c1-3-24-23(27-20-11-15-28(16-12-20)14-7-17-29-2)25-13-6-8-19-18-26-22-10-5-4-9-21(19)22;/h4-5,9-10,18,20,26H,3,6-8,11-17H2,1-2H3,(H2,24,25,27);1H. The molecule has 0 amide bonds. The predicted octanol–water partition coefficient (Wildman–Crippen LogP) is 3.77. The van der Waals surface area contributed by atoms with Gasteiger partial charge in [-0.2, -0.15) is 0 Å². The van der Waals surface area contributed by atoms with Crippen LogP contribution in [0.3, 0.4) is 0 Å². The van der Waals surface area contributed by atoms with Crippen molar-refractivity contribution in [3.63, 3.8) is 0 Å². The average Bonchev–Trinajstić information content (AvgIpc) is 3.16. The number of nitrogens with zero attached hydrogens (tertiary/aromatic N) is 2. The number of aromatic amines is 1. The van der Waals surface area contributed by atoms with Crippen LogP contribution in [0.4, 0.5) is 0 Å². The number of rotatable bonds is 10. The Bertz CT molecular complexity index is 755. The third kappa shape index (κ3) is 7.74. The van der Waals surface area contributed by atoms with Crippen molar-refractivity contribution in [3.8, 4) is 0 Å². The van der Waals surface area contributed by atoms with Crippen LogP contribution in [0.1, 0.15) is 38.2 Å². The van der Waals surface area contributed by atoms with E-state index in [4.69, 9.17) is 9.73 Å². The summed E-state index contributed by atoms with van der Waals surface area (Å²) in [5, 5.41) is 8.39. The highest BCUT2D eigenvalue weighted by atomic mass is 127. The van der Waals surface area contributed by atoms with Gasteiger partial charge in [-0.3, -0.25) is 4.99 Å². The van der Waals surface area contributed by atoms with Crippen LogP contribution in [0, 0.1) is 0 Å². The van der Waals surface area contributed by atoms with E-state index < -0.39 is 0 Å². The second kappa shape index (κ2) is 13.9. The number of hydrogen-bond acceptors (Lipinski definition) is 3. The number of H-pyrrole nitrogens is 1. The van der Waals surface area contributed by atoms with Crippen molar-refractivity contribution in [2.24, 2.45) is 4.99 Å². The van der Waals surface area contributed by atoms with Gasteiger partial charge in [-0.1, -0.05) is 18.2 Å². The topological polar surface area (TPSA) is 64.7 Å². The van der Waals surface area contributed by atoms with E-state index >= 15 is 0 Å². The molecule has 1 aliphatic heterocycles. The van der Waals surface area contributed by atoms with Gasteiger partial charge in [-0.25, -0.2) is 0 Å². The first-order chi connectivity index (χ1) is 14.3. The number of guanidine groups is 1. The predicted molar refractivity (Wildman–Crippen MR) is 137 cm³/mol. The molecular weight excluding hydrogens is 489 g/mol. The number of aryl methyl sites for hydroxylation is 1. The first kappa shape index (κ1) is 24.9. The summed E-state index contributed by atoms with van der Waals surface area (Å²) >= 11 is 0. The van der Waals surface area contributed by atoms with E-state index in [1.165, 1.54) is 29.3 Å². The van der Waals surface area contributed by atoms with Crippen molar-refractivity contribution in [1.29, 1.82) is 0 Å². The van der Waals surface area contributed by atoms with E-state index in [0.717, 1.165) is 64.6 Å². The lowest BCUT2D eigenvalue weighted by Crippen LogP contribution is -2.48. The Balaban J connectivity index is 0.00000320. The molecule has 168 valence electrons. The van der Waals surface area contributed by atoms with Crippen LogP contribution >= 0.6 is 24.0 Å². The number of para-hydroxylation sites is 1. The van der Waals surface area contributed by atoms with Crippen LogP contribution in [-0.2, 0) is 11.2 Å². The van der Waals surface area contributed by atoms with Crippen LogP contribution in [-0.4, -0.2) is 68.3 Å².